The van der Waals surface area contributed by atoms with Crippen LogP contribution in [0, 0.1) is 10.5 Å². The van der Waals surface area contributed by atoms with Crippen molar-refractivity contribution in [1.82, 2.24) is 9.78 Å². The van der Waals surface area contributed by atoms with Gasteiger partial charge in [-0.1, -0.05) is 0 Å². The van der Waals surface area contributed by atoms with E-state index in [2.05, 4.69) is 27.7 Å². The van der Waals surface area contributed by atoms with Crippen molar-refractivity contribution in [2.45, 2.75) is 26.3 Å². The molecule has 1 aromatic rings. The smallest absolute Gasteiger partial charge is 0.303 e. The number of aryl methyl sites for hydroxylation is 1. The molecule has 4 nitrogen and oxygen atoms in total. The highest BCUT2D eigenvalue weighted by Crippen LogP contribution is 2.10. The van der Waals surface area contributed by atoms with Crippen molar-refractivity contribution in [3.8, 4) is 0 Å². The molecule has 5 heteroatoms. The van der Waals surface area contributed by atoms with E-state index in [4.69, 9.17) is 5.11 Å². The lowest BCUT2D eigenvalue weighted by Gasteiger charge is -2.02. The molecule has 1 aromatic heterocycles. The summed E-state index contributed by atoms with van der Waals surface area (Å²) in [6.07, 6.45) is 2.63. The predicted molar refractivity (Wildman–Crippen MR) is 56.6 cm³/mol. The first-order valence-corrected chi connectivity index (χ1v) is 5.09. The Bertz CT molecular complexity index is 309. The fourth-order valence-corrected chi connectivity index (χ4v) is 1.43. The van der Waals surface area contributed by atoms with Crippen LogP contribution >= 0.6 is 22.6 Å². The van der Waals surface area contributed by atoms with Crippen LogP contribution in [-0.4, -0.2) is 20.9 Å². The van der Waals surface area contributed by atoms with Crippen molar-refractivity contribution in [2.75, 3.05) is 0 Å². The molecule has 0 unspecified atom stereocenters. The van der Waals surface area contributed by atoms with Crippen LogP contribution in [0.4, 0.5) is 0 Å². The fraction of sp³-hybridized carbons (Fsp3) is 0.500. The SMILES string of the molecule is Cc1c(I)cnn1CCCC(=O)O. The minimum atomic E-state index is -0.750. The molecule has 0 radical (unpaired) electrons. The van der Waals surface area contributed by atoms with Gasteiger partial charge in [-0.2, -0.15) is 5.10 Å². The molecule has 0 aliphatic heterocycles. The lowest BCUT2D eigenvalue weighted by atomic mass is 10.3. The summed E-state index contributed by atoms with van der Waals surface area (Å²) in [5, 5.41) is 12.6. The molecule has 0 fully saturated rings. The monoisotopic (exact) mass is 294 g/mol. The van der Waals surface area contributed by atoms with Crippen LogP contribution in [0.1, 0.15) is 18.5 Å². The molecule has 0 aliphatic rings. The van der Waals surface area contributed by atoms with Gasteiger partial charge in [0.15, 0.2) is 0 Å². The van der Waals surface area contributed by atoms with Crippen molar-refractivity contribution in [1.29, 1.82) is 0 Å². The van der Waals surface area contributed by atoms with Crippen molar-refractivity contribution < 1.29 is 9.90 Å². The molecule has 0 spiro atoms. The first-order chi connectivity index (χ1) is 6.11. The number of carboxylic acid groups (broad SMARTS) is 1. The van der Waals surface area contributed by atoms with Gasteiger partial charge in [0.05, 0.1) is 9.77 Å². The minimum Gasteiger partial charge on any atom is -0.481 e. The number of hydrogen-bond acceptors (Lipinski definition) is 2. The number of nitrogens with zero attached hydrogens (tertiary/aromatic N) is 2. The van der Waals surface area contributed by atoms with Crippen LogP contribution in [0.3, 0.4) is 0 Å². The third-order valence-electron chi connectivity index (χ3n) is 1.80. The van der Waals surface area contributed by atoms with Crippen LogP contribution in [0.5, 0.6) is 0 Å². The third kappa shape index (κ3) is 2.98. The second kappa shape index (κ2) is 4.59. The first-order valence-electron chi connectivity index (χ1n) is 4.01. The summed E-state index contributed by atoms with van der Waals surface area (Å²) in [5.74, 6) is -0.750. The van der Waals surface area contributed by atoms with Gasteiger partial charge in [-0.05, 0) is 35.9 Å². The van der Waals surface area contributed by atoms with Crippen LogP contribution in [-0.2, 0) is 11.3 Å². The third-order valence-corrected chi connectivity index (χ3v) is 2.86. The van der Waals surface area contributed by atoms with E-state index in [1.54, 1.807) is 6.20 Å². The van der Waals surface area contributed by atoms with Gasteiger partial charge in [0, 0.05) is 18.7 Å². The average Bonchev–Trinajstić information content (AvgIpc) is 2.35. The molecule has 0 bridgehead atoms. The number of halogens is 1. The normalized spacial score (nSPS) is 10.3. The molecule has 1 N–H and O–H groups in total. The summed E-state index contributed by atoms with van der Waals surface area (Å²) in [6.45, 7) is 2.66. The number of aliphatic carboxylic acids is 1. The van der Waals surface area contributed by atoms with Gasteiger partial charge in [0.25, 0.3) is 0 Å². The van der Waals surface area contributed by atoms with Crippen molar-refractivity contribution in [3.63, 3.8) is 0 Å². The summed E-state index contributed by atoms with van der Waals surface area (Å²) in [4.78, 5) is 10.2. The Hall–Kier alpha value is -0.590. The van der Waals surface area contributed by atoms with Crippen LogP contribution in [0.15, 0.2) is 6.20 Å². The molecule has 1 heterocycles. The van der Waals surface area contributed by atoms with E-state index in [-0.39, 0.29) is 6.42 Å². The summed E-state index contributed by atoms with van der Waals surface area (Å²) in [6, 6.07) is 0. The molecule has 0 aliphatic carbocycles. The summed E-state index contributed by atoms with van der Waals surface area (Å²) in [5.41, 5.74) is 1.10. The number of carbonyl (C=O) groups is 1. The molecule has 1 rings (SSSR count). The zero-order valence-electron chi connectivity index (χ0n) is 7.33. The lowest BCUT2D eigenvalue weighted by Crippen LogP contribution is -2.05. The Morgan fingerprint density at radius 1 is 1.77 bits per heavy atom. The molecule has 0 saturated carbocycles. The molecule has 0 aromatic carbocycles. The molecule has 0 saturated heterocycles. The summed E-state index contributed by atoms with van der Waals surface area (Å²) in [7, 11) is 0. The average molecular weight is 294 g/mol. The summed E-state index contributed by atoms with van der Waals surface area (Å²) >= 11 is 2.21. The van der Waals surface area contributed by atoms with Crippen LogP contribution < -0.4 is 0 Å². The van der Waals surface area contributed by atoms with Gasteiger partial charge in [-0.3, -0.25) is 9.48 Å². The van der Waals surface area contributed by atoms with Crippen molar-refractivity contribution >= 4 is 28.6 Å². The topological polar surface area (TPSA) is 55.1 Å². The second-order valence-electron chi connectivity index (χ2n) is 2.80. The Balaban J connectivity index is 2.45. The molecular weight excluding hydrogens is 283 g/mol. The van der Waals surface area contributed by atoms with E-state index in [9.17, 15) is 4.79 Å². The quantitative estimate of drug-likeness (QED) is 0.859. The number of aromatic nitrogens is 2. The highest BCUT2D eigenvalue weighted by atomic mass is 127. The number of hydrogen-bond donors (Lipinski definition) is 1. The maximum atomic E-state index is 10.2. The van der Waals surface area contributed by atoms with Crippen molar-refractivity contribution in [3.05, 3.63) is 15.5 Å². The maximum Gasteiger partial charge on any atom is 0.303 e. The van der Waals surface area contributed by atoms with Crippen LogP contribution in [0.25, 0.3) is 0 Å². The first kappa shape index (κ1) is 10.5. The summed E-state index contributed by atoms with van der Waals surface area (Å²) < 4.78 is 2.96. The number of carboxylic acids is 1. The van der Waals surface area contributed by atoms with E-state index in [0.717, 1.165) is 9.26 Å². The molecule has 72 valence electrons. The zero-order valence-corrected chi connectivity index (χ0v) is 9.48. The van der Waals surface area contributed by atoms with Gasteiger partial charge >= 0.3 is 5.97 Å². The Labute approximate surface area is 90.1 Å². The lowest BCUT2D eigenvalue weighted by molar-refractivity contribution is -0.137. The van der Waals surface area contributed by atoms with Gasteiger partial charge in [-0.25, -0.2) is 0 Å². The Kier molecular flexibility index (Phi) is 3.71. The van der Waals surface area contributed by atoms with E-state index < -0.39 is 5.97 Å². The molecule has 13 heavy (non-hydrogen) atoms. The Morgan fingerprint density at radius 2 is 2.46 bits per heavy atom. The highest BCUT2D eigenvalue weighted by molar-refractivity contribution is 14.1. The molecule has 0 atom stereocenters. The molecule has 0 amide bonds. The van der Waals surface area contributed by atoms with E-state index in [1.807, 2.05) is 11.6 Å². The standard InChI is InChI=1S/C8H11IN2O2/c1-6-7(9)5-10-11(6)4-2-3-8(12)13/h5H,2-4H2,1H3,(H,12,13). The number of rotatable bonds is 4. The Morgan fingerprint density at radius 3 is 2.92 bits per heavy atom. The minimum absolute atomic E-state index is 0.204. The highest BCUT2D eigenvalue weighted by Gasteiger charge is 2.03. The maximum absolute atomic E-state index is 10.2. The van der Waals surface area contributed by atoms with E-state index >= 15 is 0 Å². The van der Waals surface area contributed by atoms with Gasteiger partial charge in [0.2, 0.25) is 0 Å². The largest absolute Gasteiger partial charge is 0.481 e. The molecular formula is C8H11IN2O2. The van der Waals surface area contributed by atoms with Crippen molar-refractivity contribution in [2.24, 2.45) is 0 Å². The zero-order chi connectivity index (χ0) is 9.84. The van der Waals surface area contributed by atoms with Gasteiger partial charge < -0.3 is 5.11 Å². The predicted octanol–water partition coefficient (Wildman–Crippen LogP) is 1.66. The fourth-order valence-electron chi connectivity index (χ4n) is 1.03. The van der Waals surface area contributed by atoms with E-state index in [0.29, 0.717) is 13.0 Å². The van der Waals surface area contributed by atoms with Crippen LogP contribution in [0.2, 0.25) is 0 Å². The van der Waals surface area contributed by atoms with E-state index in [1.165, 1.54) is 0 Å². The van der Waals surface area contributed by atoms with Gasteiger partial charge in [0.1, 0.15) is 0 Å². The van der Waals surface area contributed by atoms with Gasteiger partial charge in [-0.15, -0.1) is 0 Å². The second-order valence-corrected chi connectivity index (χ2v) is 3.96.